The van der Waals surface area contributed by atoms with E-state index in [4.69, 9.17) is 0 Å². The Morgan fingerprint density at radius 1 is 1.10 bits per heavy atom. The Labute approximate surface area is 122 Å². The zero-order valence-corrected chi connectivity index (χ0v) is 12.8. The lowest BCUT2D eigenvalue weighted by Crippen LogP contribution is -2.18. The van der Waals surface area contributed by atoms with Gasteiger partial charge in [0.15, 0.2) is 0 Å². The van der Waals surface area contributed by atoms with E-state index in [0.717, 1.165) is 24.3 Å². The van der Waals surface area contributed by atoms with Gasteiger partial charge in [-0.15, -0.1) is 0 Å². The van der Waals surface area contributed by atoms with E-state index in [1.165, 1.54) is 29.7 Å². The van der Waals surface area contributed by atoms with Gasteiger partial charge in [-0.3, -0.25) is 0 Å². The van der Waals surface area contributed by atoms with E-state index in [1.54, 1.807) is 5.57 Å². The molecule has 1 aromatic rings. The molecule has 0 amide bonds. The van der Waals surface area contributed by atoms with Gasteiger partial charge >= 0.3 is 0 Å². The standard InChI is InChI=1S/C19H25N/c1-13-7-14(2)10-18(9-13)20-12-17-6-4-5-16-8-15(3)11-19(16)17/h4-7,9-10,15-16,19-20H,8,11-12H2,1-3H3. The van der Waals surface area contributed by atoms with Crippen molar-refractivity contribution in [1.82, 2.24) is 0 Å². The quantitative estimate of drug-likeness (QED) is 0.823. The summed E-state index contributed by atoms with van der Waals surface area (Å²) in [4.78, 5) is 0. The van der Waals surface area contributed by atoms with Crippen LogP contribution in [0.5, 0.6) is 0 Å². The van der Waals surface area contributed by atoms with Crippen molar-refractivity contribution >= 4 is 5.69 Å². The van der Waals surface area contributed by atoms with Crippen molar-refractivity contribution in [2.45, 2.75) is 33.6 Å². The van der Waals surface area contributed by atoms with Gasteiger partial charge in [-0.25, -0.2) is 0 Å². The van der Waals surface area contributed by atoms with Crippen molar-refractivity contribution in [2.24, 2.45) is 17.8 Å². The summed E-state index contributed by atoms with van der Waals surface area (Å²) in [6.07, 6.45) is 9.72. The Morgan fingerprint density at radius 2 is 1.85 bits per heavy atom. The number of anilines is 1. The van der Waals surface area contributed by atoms with Crippen molar-refractivity contribution in [1.29, 1.82) is 0 Å². The third-order valence-corrected chi connectivity index (χ3v) is 4.71. The van der Waals surface area contributed by atoms with Crippen LogP contribution in [0.15, 0.2) is 42.0 Å². The van der Waals surface area contributed by atoms with Crippen molar-refractivity contribution < 1.29 is 0 Å². The minimum atomic E-state index is 0.772. The Balaban J connectivity index is 1.69. The highest BCUT2D eigenvalue weighted by Gasteiger charge is 2.33. The first kappa shape index (κ1) is 13.5. The van der Waals surface area contributed by atoms with E-state index in [1.807, 2.05) is 0 Å². The number of hydrogen-bond acceptors (Lipinski definition) is 1. The maximum atomic E-state index is 3.62. The number of fused-ring (bicyclic) bond motifs is 1. The van der Waals surface area contributed by atoms with Gasteiger partial charge < -0.3 is 5.32 Å². The van der Waals surface area contributed by atoms with E-state index in [2.05, 4.69) is 62.5 Å². The van der Waals surface area contributed by atoms with Gasteiger partial charge in [-0.05, 0) is 73.3 Å². The minimum absolute atomic E-state index is 0.772. The number of rotatable bonds is 3. The lowest BCUT2D eigenvalue weighted by atomic mass is 9.84. The number of nitrogens with one attached hydrogen (secondary N) is 1. The van der Waals surface area contributed by atoms with E-state index >= 15 is 0 Å². The van der Waals surface area contributed by atoms with Crippen LogP contribution in [0.2, 0.25) is 0 Å². The van der Waals surface area contributed by atoms with Crippen LogP contribution in [-0.4, -0.2) is 6.54 Å². The number of benzene rings is 1. The lowest BCUT2D eigenvalue weighted by Gasteiger charge is -2.24. The van der Waals surface area contributed by atoms with Crippen LogP contribution in [0.25, 0.3) is 0 Å². The molecule has 1 fully saturated rings. The second-order valence-corrected chi connectivity index (χ2v) is 6.70. The molecule has 0 heterocycles. The molecular weight excluding hydrogens is 242 g/mol. The van der Waals surface area contributed by atoms with Crippen molar-refractivity contribution in [3.05, 3.63) is 53.1 Å². The van der Waals surface area contributed by atoms with Gasteiger partial charge in [-0.1, -0.05) is 31.2 Å². The third kappa shape index (κ3) is 2.82. The zero-order chi connectivity index (χ0) is 14.1. The molecule has 1 aromatic carbocycles. The predicted molar refractivity (Wildman–Crippen MR) is 87.0 cm³/mol. The molecule has 3 rings (SSSR count). The van der Waals surface area contributed by atoms with E-state index < -0.39 is 0 Å². The van der Waals surface area contributed by atoms with Crippen LogP contribution >= 0.6 is 0 Å². The molecule has 1 nitrogen and oxygen atoms in total. The van der Waals surface area contributed by atoms with Crippen LogP contribution in [0, 0.1) is 31.6 Å². The number of hydrogen-bond donors (Lipinski definition) is 1. The SMILES string of the molecule is Cc1cc(C)cc(NCC2=CC=CC3CC(C)CC23)c1. The molecule has 2 aliphatic carbocycles. The van der Waals surface area contributed by atoms with Crippen LogP contribution < -0.4 is 5.32 Å². The summed E-state index contributed by atoms with van der Waals surface area (Å²) >= 11 is 0. The molecule has 0 saturated heterocycles. The summed E-state index contributed by atoms with van der Waals surface area (Å²) in [6.45, 7) is 7.70. The maximum absolute atomic E-state index is 3.62. The van der Waals surface area contributed by atoms with Crippen molar-refractivity contribution in [3.8, 4) is 0 Å². The smallest absolute Gasteiger partial charge is 0.0366 e. The first-order valence-electron chi connectivity index (χ1n) is 7.81. The summed E-state index contributed by atoms with van der Waals surface area (Å²) in [5, 5.41) is 3.62. The summed E-state index contributed by atoms with van der Waals surface area (Å²) in [6, 6.07) is 6.70. The highest BCUT2D eigenvalue weighted by atomic mass is 14.9. The fourth-order valence-corrected chi connectivity index (χ4v) is 3.89. The molecule has 0 aliphatic heterocycles. The molecule has 1 saturated carbocycles. The first-order valence-corrected chi connectivity index (χ1v) is 7.81. The highest BCUT2D eigenvalue weighted by Crippen LogP contribution is 2.43. The molecule has 1 heteroatoms. The Hall–Kier alpha value is -1.50. The van der Waals surface area contributed by atoms with Crippen LogP contribution in [0.4, 0.5) is 5.69 Å². The predicted octanol–water partition coefficient (Wildman–Crippen LogP) is 4.87. The van der Waals surface area contributed by atoms with Crippen molar-refractivity contribution in [2.75, 3.05) is 11.9 Å². The average molecular weight is 267 g/mol. The summed E-state index contributed by atoms with van der Waals surface area (Å²) in [7, 11) is 0. The molecule has 0 radical (unpaired) electrons. The zero-order valence-electron chi connectivity index (χ0n) is 12.8. The second-order valence-electron chi connectivity index (χ2n) is 6.70. The second kappa shape index (κ2) is 5.47. The van der Waals surface area contributed by atoms with Crippen LogP contribution in [-0.2, 0) is 0 Å². The van der Waals surface area contributed by atoms with Crippen molar-refractivity contribution in [3.63, 3.8) is 0 Å². The minimum Gasteiger partial charge on any atom is -0.381 e. The molecule has 3 atom stereocenters. The lowest BCUT2D eigenvalue weighted by molar-refractivity contribution is 0.517. The summed E-state index contributed by atoms with van der Waals surface area (Å²) in [5.41, 5.74) is 5.50. The van der Waals surface area contributed by atoms with Gasteiger partial charge in [0, 0.05) is 12.2 Å². The van der Waals surface area contributed by atoms with E-state index in [-0.39, 0.29) is 0 Å². The molecule has 1 N–H and O–H groups in total. The monoisotopic (exact) mass is 267 g/mol. The number of allylic oxidation sites excluding steroid dienone is 3. The summed E-state index contributed by atoms with van der Waals surface area (Å²) < 4.78 is 0. The molecule has 3 unspecified atom stereocenters. The van der Waals surface area contributed by atoms with Gasteiger partial charge in [0.05, 0.1) is 0 Å². The van der Waals surface area contributed by atoms with Crippen LogP contribution in [0.3, 0.4) is 0 Å². The maximum Gasteiger partial charge on any atom is 0.0366 e. The van der Waals surface area contributed by atoms with E-state index in [0.29, 0.717) is 0 Å². The Morgan fingerprint density at radius 3 is 2.60 bits per heavy atom. The highest BCUT2D eigenvalue weighted by molar-refractivity contribution is 5.49. The molecule has 106 valence electrons. The first-order chi connectivity index (χ1) is 9.61. The van der Waals surface area contributed by atoms with Gasteiger partial charge in [0.2, 0.25) is 0 Å². The molecule has 0 spiro atoms. The normalized spacial score (nSPS) is 28.1. The molecule has 2 aliphatic rings. The third-order valence-electron chi connectivity index (χ3n) is 4.71. The molecule has 0 bridgehead atoms. The Kier molecular flexibility index (Phi) is 3.69. The Bertz CT molecular complexity index is 533. The van der Waals surface area contributed by atoms with Crippen LogP contribution in [0.1, 0.15) is 30.9 Å². The molecule has 20 heavy (non-hydrogen) atoms. The fraction of sp³-hybridized carbons (Fsp3) is 0.474. The topological polar surface area (TPSA) is 12.0 Å². The van der Waals surface area contributed by atoms with Gasteiger partial charge in [0.25, 0.3) is 0 Å². The number of aryl methyl sites for hydroxylation is 2. The summed E-state index contributed by atoms with van der Waals surface area (Å²) in [5.74, 6) is 2.43. The largest absolute Gasteiger partial charge is 0.381 e. The van der Waals surface area contributed by atoms with E-state index in [9.17, 15) is 0 Å². The fourth-order valence-electron chi connectivity index (χ4n) is 3.89. The van der Waals surface area contributed by atoms with Gasteiger partial charge in [0.1, 0.15) is 0 Å². The van der Waals surface area contributed by atoms with Gasteiger partial charge in [-0.2, -0.15) is 0 Å². The molecular formula is C19H25N. The average Bonchev–Trinajstić information content (AvgIpc) is 2.76. The molecule has 0 aromatic heterocycles.